The molecule has 0 saturated carbocycles. The van der Waals surface area contributed by atoms with E-state index in [0.717, 1.165) is 0 Å². The van der Waals surface area contributed by atoms with Crippen LogP contribution < -0.4 is 27.4 Å². The molecule has 0 radical (unpaired) electrons. The zero-order valence-corrected chi connectivity index (χ0v) is 18.5. The number of nitrogens with two attached hydrogens (primary N) is 2. The van der Waals surface area contributed by atoms with E-state index in [9.17, 15) is 33.9 Å². The number of hydrogen-bond acceptors (Lipinski definition) is 7. The van der Waals surface area contributed by atoms with E-state index < -0.39 is 72.6 Å². The molecule has 0 saturated heterocycles. The number of rotatable bonds is 14. The number of aliphatic carboxylic acids is 2. The largest absolute Gasteiger partial charge is 0.481 e. The lowest BCUT2D eigenvalue weighted by atomic mass is 10.1. The van der Waals surface area contributed by atoms with Crippen LogP contribution in [0.4, 0.5) is 0 Å². The molecule has 0 aliphatic rings. The number of primary amides is 1. The van der Waals surface area contributed by atoms with E-state index in [1.807, 2.05) is 0 Å². The summed E-state index contributed by atoms with van der Waals surface area (Å²) in [4.78, 5) is 70.6. The average molecular weight is 479 g/mol. The van der Waals surface area contributed by atoms with Gasteiger partial charge in [0.15, 0.2) is 0 Å². The van der Waals surface area contributed by atoms with Crippen molar-refractivity contribution in [2.75, 3.05) is 0 Å². The maximum absolute atomic E-state index is 12.6. The third-order valence-electron chi connectivity index (χ3n) is 4.69. The number of carboxylic acids is 2. The normalized spacial score (nSPS) is 14.1. The Hall–Kier alpha value is -4.00. The van der Waals surface area contributed by atoms with Gasteiger partial charge in [-0.25, -0.2) is 4.79 Å². The third-order valence-corrected chi connectivity index (χ3v) is 4.69. The van der Waals surface area contributed by atoms with Crippen LogP contribution in [0.2, 0.25) is 0 Å². The standard InChI is InChI=1S/C21H29N5O8/c1-11(18(30)26-15(21(33)34)9-12-5-3-2-4-6-12)24-20(32)14(7-8-17(28)29)25-19(31)13(22)10-16(23)27/h2-6,11,13-15H,7-10,22H2,1H3,(H2,23,27)(H,24,32)(H,25,31)(H,26,30)(H,28,29)(H,33,34). The van der Waals surface area contributed by atoms with E-state index in [0.29, 0.717) is 5.56 Å². The first-order valence-corrected chi connectivity index (χ1v) is 10.3. The summed E-state index contributed by atoms with van der Waals surface area (Å²) in [6, 6.07) is 3.40. The minimum atomic E-state index is -1.38. The Kier molecular flexibility index (Phi) is 11.2. The SMILES string of the molecule is CC(NC(=O)C(CCC(=O)O)NC(=O)C(N)CC(N)=O)C(=O)NC(Cc1ccccc1)C(=O)O. The number of nitrogens with one attached hydrogen (secondary N) is 3. The predicted molar refractivity (Wildman–Crippen MR) is 118 cm³/mol. The highest BCUT2D eigenvalue weighted by molar-refractivity contribution is 5.95. The molecule has 0 spiro atoms. The molecule has 1 aromatic rings. The molecule has 34 heavy (non-hydrogen) atoms. The summed E-state index contributed by atoms with van der Waals surface area (Å²) in [6.45, 7) is 1.30. The number of carbonyl (C=O) groups excluding carboxylic acids is 4. The fourth-order valence-corrected chi connectivity index (χ4v) is 2.85. The molecule has 13 heteroatoms. The molecule has 4 amide bonds. The summed E-state index contributed by atoms with van der Waals surface area (Å²) in [6.07, 6.45) is -1.29. The van der Waals surface area contributed by atoms with E-state index in [-0.39, 0.29) is 12.8 Å². The second kappa shape index (κ2) is 13.5. The van der Waals surface area contributed by atoms with Crippen LogP contribution in [0.15, 0.2) is 30.3 Å². The smallest absolute Gasteiger partial charge is 0.326 e. The summed E-state index contributed by atoms with van der Waals surface area (Å²) in [5, 5.41) is 25.2. The van der Waals surface area contributed by atoms with Crippen LogP contribution in [-0.2, 0) is 35.2 Å². The molecule has 0 bridgehead atoms. The first-order valence-electron chi connectivity index (χ1n) is 10.3. The zero-order chi connectivity index (χ0) is 25.8. The molecular weight excluding hydrogens is 450 g/mol. The highest BCUT2D eigenvalue weighted by atomic mass is 16.4. The number of carboxylic acid groups (broad SMARTS) is 2. The number of hydrogen-bond donors (Lipinski definition) is 7. The van der Waals surface area contributed by atoms with Gasteiger partial charge in [0.25, 0.3) is 0 Å². The summed E-state index contributed by atoms with van der Waals surface area (Å²) >= 11 is 0. The summed E-state index contributed by atoms with van der Waals surface area (Å²) in [7, 11) is 0. The van der Waals surface area contributed by atoms with Gasteiger partial charge < -0.3 is 37.6 Å². The van der Waals surface area contributed by atoms with E-state index >= 15 is 0 Å². The highest BCUT2D eigenvalue weighted by Gasteiger charge is 2.29. The highest BCUT2D eigenvalue weighted by Crippen LogP contribution is 2.05. The second-order valence-electron chi connectivity index (χ2n) is 7.59. The van der Waals surface area contributed by atoms with Gasteiger partial charge in [-0.15, -0.1) is 0 Å². The molecule has 13 nitrogen and oxygen atoms in total. The minimum Gasteiger partial charge on any atom is -0.481 e. The van der Waals surface area contributed by atoms with Crippen LogP contribution in [0.3, 0.4) is 0 Å². The molecule has 0 aromatic heterocycles. The first kappa shape index (κ1) is 28.0. The van der Waals surface area contributed by atoms with Crippen molar-refractivity contribution in [3.8, 4) is 0 Å². The Morgan fingerprint density at radius 3 is 2.00 bits per heavy atom. The van der Waals surface area contributed by atoms with Crippen molar-refractivity contribution in [2.45, 2.75) is 56.8 Å². The molecule has 0 fully saturated rings. The van der Waals surface area contributed by atoms with Crippen LogP contribution in [0.1, 0.15) is 31.7 Å². The van der Waals surface area contributed by atoms with Gasteiger partial charge in [0.1, 0.15) is 18.1 Å². The van der Waals surface area contributed by atoms with Crippen molar-refractivity contribution < 1.29 is 39.0 Å². The lowest BCUT2D eigenvalue weighted by Gasteiger charge is -2.23. The van der Waals surface area contributed by atoms with E-state index in [4.69, 9.17) is 16.6 Å². The molecule has 0 aliphatic carbocycles. The monoisotopic (exact) mass is 479 g/mol. The summed E-state index contributed by atoms with van der Waals surface area (Å²) in [5.41, 5.74) is 11.2. The third kappa shape index (κ3) is 10.1. The van der Waals surface area contributed by atoms with Crippen molar-refractivity contribution in [1.29, 1.82) is 0 Å². The molecule has 0 aliphatic heterocycles. The van der Waals surface area contributed by atoms with Crippen LogP contribution >= 0.6 is 0 Å². The average Bonchev–Trinajstić information content (AvgIpc) is 2.75. The second-order valence-corrected chi connectivity index (χ2v) is 7.59. The van der Waals surface area contributed by atoms with Crippen molar-refractivity contribution in [3.05, 3.63) is 35.9 Å². The lowest BCUT2D eigenvalue weighted by molar-refractivity contribution is -0.142. The lowest BCUT2D eigenvalue weighted by Crippen LogP contribution is -2.56. The Morgan fingerprint density at radius 1 is 0.882 bits per heavy atom. The fraction of sp³-hybridized carbons (Fsp3) is 0.429. The van der Waals surface area contributed by atoms with Crippen LogP contribution in [0.5, 0.6) is 0 Å². The number of carbonyl (C=O) groups is 6. The Labute approximate surface area is 195 Å². The van der Waals surface area contributed by atoms with Crippen molar-refractivity contribution in [3.63, 3.8) is 0 Å². The van der Waals surface area contributed by atoms with Gasteiger partial charge in [-0.2, -0.15) is 0 Å². The molecule has 0 heterocycles. The summed E-state index contributed by atoms with van der Waals surface area (Å²) in [5.74, 6) is -5.95. The maximum atomic E-state index is 12.6. The summed E-state index contributed by atoms with van der Waals surface area (Å²) < 4.78 is 0. The van der Waals surface area contributed by atoms with Gasteiger partial charge in [0.05, 0.1) is 12.5 Å². The zero-order valence-electron chi connectivity index (χ0n) is 18.5. The Balaban J connectivity index is 2.81. The molecule has 9 N–H and O–H groups in total. The fourth-order valence-electron chi connectivity index (χ4n) is 2.85. The van der Waals surface area contributed by atoms with Gasteiger partial charge in [0, 0.05) is 12.8 Å². The molecule has 4 atom stereocenters. The van der Waals surface area contributed by atoms with Crippen molar-refractivity contribution >= 4 is 35.6 Å². The first-order chi connectivity index (χ1) is 15.9. The van der Waals surface area contributed by atoms with Crippen LogP contribution in [-0.4, -0.2) is 69.9 Å². The molecular formula is C21H29N5O8. The number of amides is 4. The molecule has 1 aromatic carbocycles. The van der Waals surface area contributed by atoms with Crippen LogP contribution in [0, 0.1) is 0 Å². The van der Waals surface area contributed by atoms with Gasteiger partial charge in [0.2, 0.25) is 23.6 Å². The minimum absolute atomic E-state index is 0.0115. The van der Waals surface area contributed by atoms with Gasteiger partial charge >= 0.3 is 11.9 Å². The molecule has 4 unspecified atom stereocenters. The van der Waals surface area contributed by atoms with E-state index in [1.165, 1.54) is 6.92 Å². The topological polar surface area (TPSA) is 231 Å². The van der Waals surface area contributed by atoms with Crippen LogP contribution in [0.25, 0.3) is 0 Å². The molecule has 1 rings (SSSR count). The van der Waals surface area contributed by atoms with E-state index in [2.05, 4.69) is 16.0 Å². The quantitative estimate of drug-likeness (QED) is 0.154. The predicted octanol–water partition coefficient (Wildman–Crippen LogP) is -2.14. The van der Waals surface area contributed by atoms with E-state index in [1.54, 1.807) is 30.3 Å². The van der Waals surface area contributed by atoms with Crippen molar-refractivity contribution in [2.24, 2.45) is 11.5 Å². The van der Waals surface area contributed by atoms with Crippen molar-refractivity contribution in [1.82, 2.24) is 16.0 Å². The Bertz CT molecular complexity index is 908. The maximum Gasteiger partial charge on any atom is 0.326 e. The van der Waals surface area contributed by atoms with Gasteiger partial charge in [-0.05, 0) is 18.9 Å². The van der Waals surface area contributed by atoms with Gasteiger partial charge in [-0.3, -0.25) is 24.0 Å². The number of benzene rings is 1. The Morgan fingerprint density at radius 2 is 1.47 bits per heavy atom. The van der Waals surface area contributed by atoms with Gasteiger partial charge in [-0.1, -0.05) is 30.3 Å². The molecule has 186 valence electrons.